The molecule has 128 valence electrons. The number of imidazole rings is 1. The summed E-state index contributed by atoms with van der Waals surface area (Å²) in [5.74, 6) is 0. The summed E-state index contributed by atoms with van der Waals surface area (Å²) in [5.41, 5.74) is 9.67. The van der Waals surface area contributed by atoms with Crippen molar-refractivity contribution in [3.8, 4) is 0 Å². The second-order valence-electron chi connectivity index (χ2n) is 7.04. The smallest absolute Gasteiger partial charge is 0.306 e. The van der Waals surface area contributed by atoms with Gasteiger partial charge in [0.25, 0.3) is 0 Å². The predicted molar refractivity (Wildman–Crippen MR) is 107 cm³/mol. The highest BCUT2D eigenvalue weighted by atomic mass is 16.1. The standard InChI is InChI=1S/C23H20N2O/c26-23-24-21-12-9-15(14-22(21)25-23)13-20-18-7-3-1-5-16(18)10-11-17-6-2-4-8-19(17)20/h1-3,5-7,9,12-14H,4,8,10-11H2,(H2,24,25,26)/b20-13-. The average Bonchev–Trinajstić information content (AvgIpc) is 2.96. The van der Waals surface area contributed by atoms with Gasteiger partial charge in [-0.2, -0.15) is 0 Å². The van der Waals surface area contributed by atoms with Gasteiger partial charge in [0.2, 0.25) is 0 Å². The van der Waals surface area contributed by atoms with Crippen molar-refractivity contribution in [2.24, 2.45) is 0 Å². The first-order valence-corrected chi connectivity index (χ1v) is 9.19. The molecule has 3 nitrogen and oxygen atoms in total. The highest BCUT2D eigenvalue weighted by Crippen LogP contribution is 2.40. The minimum atomic E-state index is -0.160. The Bertz CT molecular complexity index is 1150. The van der Waals surface area contributed by atoms with Crippen LogP contribution in [-0.4, -0.2) is 9.97 Å². The summed E-state index contributed by atoms with van der Waals surface area (Å²) >= 11 is 0. The first-order valence-electron chi connectivity index (χ1n) is 9.19. The van der Waals surface area contributed by atoms with Gasteiger partial charge in [-0.05, 0) is 77.3 Å². The molecule has 26 heavy (non-hydrogen) atoms. The van der Waals surface area contributed by atoms with Crippen LogP contribution >= 0.6 is 0 Å². The molecule has 0 saturated heterocycles. The molecular weight excluding hydrogens is 320 g/mol. The fourth-order valence-corrected chi connectivity index (χ4v) is 4.16. The third kappa shape index (κ3) is 2.57. The number of allylic oxidation sites excluding steroid dienone is 5. The van der Waals surface area contributed by atoms with Crippen LogP contribution in [0.5, 0.6) is 0 Å². The van der Waals surface area contributed by atoms with Crippen molar-refractivity contribution in [1.82, 2.24) is 9.97 Å². The van der Waals surface area contributed by atoms with E-state index in [-0.39, 0.29) is 5.69 Å². The van der Waals surface area contributed by atoms with Crippen LogP contribution in [-0.2, 0) is 6.42 Å². The highest BCUT2D eigenvalue weighted by Gasteiger charge is 2.20. The van der Waals surface area contributed by atoms with Gasteiger partial charge in [0.15, 0.2) is 0 Å². The molecule has 0 spiro atoms. The Morgan fingerprint density at radius 1 is 0.923 bits per heavy atom. The van der Waals surface area contributed by atoms with E-state index in [1.807, 2.05) is 12.1 Å². The maximum atomic E-state index is 11.5. The topological polar surface area (TPSA) is 48.6 Å². The number of hydrogen-bond acceptors (Lipinski definition) is 1. The van der Waals surface area contributed by atoms with Crippen molar-refractivity contribution in [2.75, 3.05) is 0 Å². The van der Waals surface area contributed by atoms with E-state index in [2.05, 4.69) is 58.5 Å². The Morgan fingerprint density at radius 3 is 2.77 bits per heavy atom. The zero-order valence-electron chi connectivity index (χ0n) is 14.5. The van der Waals surface area contributed by atoms with E-state index < -0.39 is 0 Å². The number of aromatic nitrogens is 2. The molecule has 0 amide bonds. The van der Waals surface area contributed by atoms with Gasteiger partial charge < -0.3 is 9.97 Å². The van der Waals surface area contributed by atoms with E-state index >= 15 is 0 Å². The molecule has 2 N–H and O–H groups in total. The summed E-state index contributed by atoms with van der Waals surface area (Å²) in [6, 6.07) is 14.8. The van der Waals surface area contributed by atoms with Crippen molar-refractivity contribution in [1.29, 1.82) is 0 Å². The van der Waals surface area contributed by atoms with Gasteiger partial charge in [-0.15, -0.1) is 0 Å². The SMILES string of the molecule is O=c1[nH]c2ccc(/C=C3\C4=C(C=CCC4)CCc4ccccc43)cc2[nH]1. The highest BCUT2D eigenvalue weighted by molar-refractivity contribution is 5.94. The van der Waals surface area contributed by atoms with Crippen LogP contribution in [0.3, 0.4) is 0 Å². The number of aryl methyl sites for hydroxylation is 1. The molecule has 0 fully saturated rings. The van der Waals surface area contributed by atoms with Crippen molar-refractivity contribution in [3.05, 3.63) is 92.9 Å². The van der Waals surface area contributed by atoms with Gasteiger partial charge >= 0.3 is 5.69 Å². The lowest BCUT2D eigenvalue weighted by molar-refractivity contribution is 0.912. The zero-order valence-corrected chi connectivity index (χ0v) is 14.5. The van der Waals surface area contributed by atoms with Crippen LogP contribution in [0.2, 0.25) is 0 Å². The van der Waals surface area contributed by atoms with Gasteiger partial charge in [-0.1, -0.05) is 42.5 Å². The summed E-state index contributed by atoms with van der Waals surface area (Å²) < 4.78 is 0. The molecule has 1 heterocycles. The number of hydrogen-bond donors (Lipinski definition) is 2. The summed E-state index contributed by atoms with van der Waals surface area (Å²) in [4.78, 5) is 17.2. The number of rotatable bonds is 1. The largest absolute Gasteiger partial charge is 0.323 e. The van der Waals surface area contributed by atoms with E-state index in [1.165, 1.54) is 27.8 Å². The van der Waals surface area contributed by atoms with Crippen LogP contribution in [0.1, 0.15) is 36.0 Å². The second kappa shape index (κ2) is 6.03. The molecule has 0 radical (unpaired) electrons. The molecule has 5 rings (SSSR count). The Kier molecular flexibility index (Phi) is 3.52. The number of nitrogens with one attached hydrogen (secondary N) is 2. The maximum Gasteiger partial charge on any atom is 0.323 e. The van der Waals surface area contributed by atoms with Crippen LogP contribution in [0.15, 0.2) is 70.6 Å². The molecule has 2 aromatic carbocycles. The quantitative estimate of drug-likeness (QED) is 0.644. The van der Waals surface area contributed by atoms with Crippen LogP contribution in [0.4, 0.5) is 0 Å². The van der Waals surface area contributed by atoms with Crippen molar-refractivity contribution >= 4 is 22.7 Å². The first kappa shape index (κ1) is 15.2. The molecule has 3 aromatic rings. The fourth-order valence-electron chi connectivity index (χ4n) is 4.16. The first-order chi connectivity index (χ1) is 12.8. The summed E-state index contributed by atoms with van der Waals surface area (Å²) in [7, 11) is 0. The molecule has 0 aliphatic heterocycles. The normalized spacial score (nSPS) is 18.1. The summed E-state index contributed by atoms with van der Waals surface area (Å²) in [6.45, 7) is 0. The minimum absolute atomic E-state index is 0.160. The lowest BCUT2D eigenvalue weighted by Gasteiger charge is -2.18. The Morgan fingerprint density at radius 2 is 1.81 bits per heavy atom. The minimum Gasteiger partial charge on any atom is -0.306 e. The van der Waals surface area contributed by atoms with Gasteiger partial charge in [-0.3, -0.25) is 0 Å². The molecule has 2 aliphatic carbocycles. The average molecular weight is 340 g/mol. The van der Waals surface area contributed by atoms with Crippen molar-refractivity contribution in [3.63, 3.8) is 0 Å². The third-order valence-corrected chi connectivity index (χ3v) is 5.42. The lowest BCUT2D eigenvalue weighted by Crippen LogP contribution is -1.99. The third-order valence-electron chi connectivity index (χ3n) is 5.42. The predicted octanol–water partition coefficient (Wildman–Crippen LogP) is 4.99. The molecule has 3 heteroatoms. The summed E-state index contributed by atoms with van der Waals surface area (Å²) in [6.07, 6.45) is 11.3. The number of fused-ring (bicyclic) bond motifs is 2. The lowest BCUT2D eigenvalue weighted by atomic mass is 9.87. The van der Waals surface area contributed by atoms with E-state index in [0.29, 0.717) is 0 Å². The van der Waals surface area contributed by atoms with Gasteiger partial charge in [0, 0.05) is 0 Å². The van der Waals surface area contributed by atoms with Gasteiger partial charge in [0.05, 0.1) is 11.0 Å². The van der Waals surface area contributed by atoms with Crippen LogP contribution in [0.25, 0.3) is 22.7 Å². The summed E-state index contributed by atoms with van der Waals surface area (Å²) in [5, 5.41) is 0. The molecule has 1 aromatic heterocycles. The van der Waals surface area contributed by atoms with E-state index in [9.17, 15) is 4.79 Å². The van der Waals surface area contributed by atoms with Gasteiger partial charge in [-0.25, -0.2) is 4.79 Å². The van der Waals surface area contributed by atoms with Crippen LogP contribution in [0, 0.1) is 0 Å². The van der Waals surface area contributed by atoms with E-state index in [0.717, 1.165) is 42.3 Å². The van der Waals surface area contributed by atoms with E-state index in [4.69, 9.17) is 0 Å². The maximum absolute atomic E-state index is 11.5. The molecular formula is C23H20N2O. The fraction of sp³-hybridized carbons (Fsp3) is 0.174. The van der Waals surface area contributed by atoms with E-state index in [1.54, 1.807) is 0 Å². The zero-order chi connectivity index (χ0) is 17.5. The molecule has 0 bridgehead atoms. The molecule has 0 atom stereocenters. The van der Waals surface area contributed by atoms with Crippen LogP contribution < -0.4 is 5.69 Å². The van der Waals surface area contributed by atoms with Crippen molar-refractivity contribution in [2.45, 2.75) is 25.7 Å². The Balaban J connectivity index is 1.72. The number of aromatic amines is 2. The second-order valence-corrected chi connectivity index (χ2v) is 7.04. The Labute approximate surface area is 151 Å². The molecule has 2 aliphatic rings. The molecule has 0 unspecified atom stereocenters. The molecule has 0 saturated carbocycles. The monoisotopic (exact) mass is 340 g/mol. The number of benzene rings is 2. The number of H-pyrrole nitrogens is 2. The Hall–Kier alpha value is -3.07. The van der Waals surface area contributed by atoms with Crippen molar-refractivity contribution < 1.29 is 0 Å². The van der Waals surface area contributed by atoms with Gasteiger partial charge in [0.1, 0.15) is 0 Å².